The van der Waals surface area contributed by atoms with Crippen molar-refractivity contribution < 1.29 is 14.3 Å². The van der Waals surface area contributed by atoms with Crippen LogP contribution in [0.5, 0.6) is 11.5 Å². The van der Waals surface area contributed by atoms with E-state index in [2.05, 4.69) is 26.3 Å². The number of hydrogen-bond acceptors (Lipinski definition) is 4. The first-order valence-electron chi connectivity index (χ1n) is 8.74. The minimum atomic E-state index is -0.219. The number of benzene rings is 2. The number of rotatable bonds is 6. The Morgan fingerprint density at radius 3 is 2.57 bits per heavy atom. The second kappa shape index (κ2) is 8.48. The molecule has 0 aliphatic rings. The van der Waals surface area contributed by atoms with Crippen molar-refractivity contribution >= 4 is 27.5 Å². The van der Waals surface area contributed by atoms with Gasteiger partial charge in [-0.1, -0.05) is 12.1 Å². The number of nitrogens with zero attached hydrogens (tertiary/aromatic N) is 2. The number of hydrogen-bond donors (Lipinski definition) is 1. The zero-order valence-electron chi connectivity index (χ0n) is 16.2. The Kier molecular flexibility index (Phi) is 6.04. The minimum absolute atomic E-state index is 0.219. The molecule has 0 aliphatic carbocycles. The van der Waals surface area contributed by atoms with Gasteiger partial charge in [-0.15, -0.1) is 0 Å². The molecular formula is C21H22BrN3O3. The van der Waals surface area contributed by atoms with Crippen molar-refractivity contribution in [3.63, 3.8) is 0 Å². The van der Waals surface area contributed by atoms with Crippen molar-refractivity contribution in [2.75, 3.05) is 19.5 Å². The second-order valence-corrected chi connectivity index (χ2v) is 7.16. The smallest absolute Gasteiger partial charge is 0.255 e. The molecule has 0 atom stereocenters. The third-order valence-corrected chi connectivity index (χ3v) is 5.62. The fourth-order valence-corrected chi connectivity index (χ4v) is 3.20. The van der Waals surface area contributed by atoms with E-state index < -0.39 is 0 Å². The van der Waals surface area contributed by atoms with E-state index in [9.17, 15) is 4.79 Å². The van der Waals surface area contributed by atoms with Gasteiger partial charge in [0.2, 0.25) is 0 Å². The van der Waals surface area contributed by atoms with Crippen molar-refractivity contribution in [3.8, 4) is 11.5 Å². The zero-order chi connectivity index (χ0) is 20.3. The Bertz CT molecular complexity index is 1010. The van der Waals surface area contributed by atoms with Crippen LogP contribution in [0.2, 0.25) is 0 Å². The summed E-state index contributed by atoms with van der Waals surface area (Å²) in [6.45, 7) is 4.55. The molecule has 0 aliphatic heterocycles. The van der Waals surface area contributed by atoms with Crippen LogP contribution in [0.25, 0.3) is 0 Å². The molecule has 1 N–H and O–H groups in total. The number of aromatic nitrogens is 2. The molecule has 146 valence electrons. The van der Waals surface area contributed by atoms with Gasteiger partial charge in [0.1, 0.15) is 11.5 Å². The van der Waals surface area contributed by atoms with Gasteiger partial charge < -0.3 is 14.8 Å². The van der Waals surface area contributed by atoms with E-state index in [1.54, 1.807) is 38.5 Å². The van der Waals surface area contributed by atoms with Crippen LogP contribution in [0.3, 0.4) is 0 Å². The van der Waals surface area contributed by atoms with E-state index in [4.69, 9.17) is 9.47 Å². The monoisotopic (exact) mass is 443 g/mol. The molecule has 1 amide bonds. The van der Waals surface area contributed by atoms with Crippen LogP contribution in [0.15, 0.2) is 46.9 Å². The average molecular weight is 444 g/mol. The van der Waals surface area contributed by atoms with Gasteiger partial charge in [-0.25, -0.2) is 0 Å². The molecule has 28 heavy (non-hydrogen) atoms. The maximum absolute atomic E-state index is 12.8. The Morgan fingerprint density at radius 2 is 1.93 bits per heavy atom. The molecule has 1 aromatic heterocycles. The summed E-state index contributed by atoms with van der Waals surface area (Å²) in [7, 11) is 3.14. The Labute approximate surface area is 172 Å². The maximum Gasteiger partial charge on any atom is 0.255 e. The number of methoxy groups -OCH3 is 2. The summed E-state index contributed by atoms with van der Waals surface area (Å²) < 4.78 is 13.5. The van der Waals surface area contributed by atoms with Gasteiger partial charge in [-0.3, -0.25) is 9.48 Å². The number of aryl methyl sites for hydroxylation is 1. The molecule has 6 nitrogen and oxygen atoms in total. The number of anilines is 1. The highest BCUT2D eigenvalue weighted by Crippen LogP contribution is 2.29. The molecule has 3 aromatic rings. The lowest BCUT2D eigenvalue weighted by atomic mass is 10.1. The van der Waals surface area contributed by atoms with Crippen LogP contribution in [-0.2, 0) is 6.54 Å². The van der Waals surface area contributed by atoms with Crippen LogP contribution in [0.4, 0.5) is 5.69 Å². The summed E-state index contributed by atoms with van der Waals surface area (Å²) >= 11 is 3.54. The fraction of sp³-hybridized carbons (Fsp3) is 0.238. The Hall–Kier alpha value is -2.80. The van der Waals surface area contributed by atoms with Crippen LogP contribution >= 0.6 is 15.9 Å². The SMILES string of the molecule is COc1ccc(OC)c(NC(=O)c2cccc(Cn3nc(C)c(Br)c3C)c2)c1. The van der Waals surface area contributed by atoms with Crippen LogP contribution in [0.1, 0.15) is 27.3 Å². The highest BCUT2D eigenvalue weighted by Gasteiger charge is 2.13. The average Bonchev–Trinajstić information content (AvgIpc) is 2.94. The molecule has 0 saturated carbocycles. The minimum Gasteiger partial charge on any atom is -0.497 e. The predicted molar refractivity (Wildman–Crippen MR) is 112 cm³/mol. The van der Waals surface area contributed by atoms with E-state index in [0.29, 0.717) is 29.3 Å². The van der Waals surface area contributed by atoms with Crippen LogP contribution in [0, 0.1) is 13.8 Å². The molecule has 2 aromatic carbocycles. The molecule has 7 heteroatoms. The van der Waals surface area contributed by atoms with Gasteiger partial charge >= 0.3 is 0 Å². The first kappa shape index (κ1) is 19.9. The van der Waals surface area contributed by atoms with Crippen molar-refractivity contribution in [2.24, 2.45) is 0 Å². The number of carbonyl (C=O) groups excluding carboxylic acids is 1. The number of ether oxygens (including phenoxy) is 2. The molecule has 1 heterocycles. The molecule has 0 spiro atoms. The molecule has 0 unspecified atom stereocenters. The molecule has 0 fully saturated rings. The number of amides is 1. The third-order valence-electron chi connectivity index (χ3n) is 4.47. The summed E-state index contributed by atoms with van der Waals surface area (Å²) in [5.74, 6) is 0.987. The maximum atomic E-state index is 12.8. The summed E-state index contributed by atoms with van der Waals surface area (Å²) in [6, 6.07) is 12.8. The van der Waals surface area contributed by atoms with Crippen LogP contribution in [-0.4, -0.2) is 29.9 Å². The van der Waals surface area contributed by atoms with Gasteiger partial charge in [0.25, 0.3) is 5.91 Å². The van der Waals surface area contributed by atoms with Crippen molar-refractivity contribution in [1.82, 2.24) is 9.78 Å². The lowest BCUT2D eigenvalue weighted by Gasteiger charge is -2.12. The first-order chi connectivity index (χ1) is 13.4. The van der Waals surface area contributed by atoms with Gasteiger partial charge in [0, 0.05) is 11.6 Å². The van der Waals surface area contributed by atoms with E-state index in [-0.39, 0.29) is 5.91 Å². The Morgan fingerprint density at radius 1 is 1.14 bits per heavy atom. The summed E-state index contributed by atoms with van der Waals surface area (Å²) in [6.07, 6.45) is 0. The van der Waals surface area contributed by atoms with Crippen LogP contribution < -0.4 is 14.8 Å². The lowest BCUT2D eigenvalue weighted by Crippen LogP contribution is -2.13. The molecular weight excluding hydrogens is 422 g/mol. The van der Waals surface area contributed by atoms with E-state index >= 15 is 0 Å². The van der Waals surface area contributed by atoms with E-state index in [1.807, 2.05) is 36.7 Å². The topological polar surface area (TPSA) is 65.4 Å². The molecule has 0 saturated heterocycles. The van der Waals surface area contributed by atoms with Crippen molar-refractivity contribution in [1.29, 1.82) is 0 Å². The fourth-order valence-electron chi connectivity index (χ4n) is 2.92. The summed E-state index contributed by atoms with van der Waals surface area (Å²) in [5.41, 5.74) is 4.09. The van der Waals surface area contributed by atoms with Crippen molar-refractivity contribution in [3.05, 3.63) is 69.5 Å². The normalized spacial score (nSPS) is 10.6. The van der Waals surface area contributed by atoms with Crippen molar-refractivity contribution in [2.45, 2.75) is 20.4 Å². The van der Waals surface area contributed by atoms with Gasteiger partial charge in [-0.05, 0) is 59.6 Å². The standard InChI is InChI=1S/C21H22BrN3O3/c1-13-20(22)14(2)25(24-13)12-15-6-5-7-16(10-15)21(26)23-18-11-17(27-3)8-9-19(18)28-4/h5-11H,12H2,1-4H3,(H,23,26). The number of nitrogens with one attached hydrogen (secondary N) is 1. The highest BCUT2D eigenvalue weighted by atomic mass is 79.9. The second-order valence-electron chi connectivity index (χ2n) is 6.36. The molecule has 0 radical (unpaired) electrons. The predicted octanol–water partition coefficient (Wildman–Crippen LogP) is 4.58. The number of halogens is 1. The first-order valence-corrected chi connectivity index (χ1v) is 9.54. The van der Waals surface area contributed by atoms with Gasteiger partial charge in [0.05, 0.1) is 42.3 Å². The van der Waals surface area contributed by atoms with E-state index in [0.717, 1.165) is 21.4 Å². The van der Waals surface area contributed by atoms with E-state index in [1.165, 1.54) is 0 Å². The summed E-state index contributed by atoms with van der Waals surface area (Å²) in [4.78, 5) is 12.8. The largest absolute Gasteiger partial charge is 0.497 e. The van der Waals surface area contributed by atoms with Gasteiger partial charge in [-0.2, -0.15) is 5.10 Å². The summed E-state index contributed by atoms with van der Waals surface area (Å²) in [5, 5.41) is 7.42. The molecule has 3 rings (SSSR count). The Balaban J connectivity index is 1.82. The lowest BCUT2D eigenvalue weighted by molar-refractivity contribution is 0.102. The molecule has 0 bridgehead atoms. The highest BCUT2D eigenvalue weighted by molar-refractivity contribution is 9.10. The zero-order valence-corrected chi connectivity index (χ0v) is 17.8. The van der Waals surface area contributed by atoms with Gasteiger partial charge in [0.15, 0.2) is 0 Å². The number of carbonyl (C=O) groups is 1. The third kappa shape index (κ3) is 4.20. The quantitative estimate of drug-likeness (QED) is 0.605.